The number of aliphatic carboxylic acids is 1. The molecule has 0 spiro atoms. The summed E-state index contributed by atoms with van der Waals surface area (Å²) in [5.74, 6) is -1.44. The molecule has 1 amide bonds. The average Bonchev–Trinajstić information content (AvgIpc) is 2.54. The summed E-state index contributed by atoms with van der Waals surface area (Å²) in [7, 11) is -3.18. The van der Waals surface area contributed by atoms with Gasteiger partial charge in [0.1, 0.15) is 0 Å². The number of hydrogen-bond donors (Lipinski definition) is 1. The topological polar surface area (TPSA) is 95.0 Å². The van der Waals surface area contributed by atoms with E-state index >= 15 is 0 Å². The summed E-state index contributed by atoms with van der Waals surface area (Å²) in [4.78, 5) is 25.2. The zero-order valence-corrected chi connectivity index (χ0v) is 13.7. The molecule has 0 aliphatic carbocycles. The Balaban J connectivity index is 1.91. The van der Waals surface area contributed by atoms with E-state index in [2.05, 4.69) is 0 Å². The molecule has 1 atom stereocenters. The van der Waals surface area contributed by atoms with E-state index in [9.17, 15) is 18.0 Å². The van der Waals surface area contributed by atoms with E-state index in [0.29, 0.717) is 45.3 Å². The molecule has 2 aliphatic heterocycles. The van der Waals surface area contributed by atoms with Gasteiger partial charge < -0.3 is 10.0 Å². The van der Waals surface area contributed by atoms with Crippen molar-refractivity contribution in [2.24, 2.45) is 11.8 Å². The monoisotopic (exact) mass is 332 g/mol. The van der Waals surface area contributed by atoms with Crippen LogP contribution >= 0.6 is 0 Å². The quantitative estimate of drug-likeness (QED) is 0.802. The minimum Gasteiger partial charge on any atom is -0.481 e. The van der Waals surface area contributed by atoms with Crippen LogP contribution in [0.4, 0.5) is 0 Å². The smallest absolute Gasteiger partial charge is 0.308 e. The highest BCUT2D eigenvalue weighted by molar-refractivity contribution is 7.89. The van der Waals surface area contributed by atoms with Crippen molar-refractivity contribution in [3.05, 3.63) is 0 Å². The average molecular weight is 332 g/mol. The van der Waals surface area contributed by atoms with Crippen LogP contribution in [0.1, 0.15) is 32.6 Å². The number of piperidine rings is 2. The number of carbonyl (C=O) groups is 2. The van der Waals surface area contributed by atoms with Gasteiger partial charge >= 0.3 is 5.97 Å². The molecule has 2 fully saturated rings. The molecule has 2 heterocycles. The zero-order valence-electron chi connectivity index (χ0n) is 12.9. The molecule has 0 saturated carbocycles. The number of carboxylic acids is 1. The van der Waals surface area contributed by atoms with Crippen LogP contribution in [-0.4, -0.2) is 66.5 Å². The first-order valence-electron chi connectivity index (χ1n) is 7.84. The molecule has 0 aromatic carbocycles. The highest BCUT2D eigenvalue weighted by atomic mass is 32.2. The van der Waals surface area contributed by atoms with E-state index in [-0.39, 0.29) is 24.1 Å². The molecule has 0 aromatic heterocycles. The summed E-state index contributed by atoms with van der Waals surface area (Å²) in [6, 6.07) is 0. The van der Waals surface area contributed by atoms with Crippen molar-refractivity contribution < 1.29 is 23.1 Å². The van der Waals surface area contributed by atoms with Crippen LogP contribution in [0.3, 0.4) is 0 Å². The van der Waals surface area contributed by atoms with Gasteiger partial charge in [0.05, 0.1) is 11.7 Å². The maximum atomic E-state index is 12.5. The minimum absolute atomic E-state index is 0.0144. The molecule has 8 heteroatoms. The fraction of sp³-hybridized carbons (Fsp3) is 0.857. The number of carboxylic acid groups (broad SMARTS) is 1. The molecule has 0 aromatic rings. The van der Waals surface area contributed by atoms with E-state index in [1.165, 1.54) is 4.31 Å². The van der Waals surface area contributed by atoms with Crippen molar-refractivity contribution in [2.75, 3.05) is 31.9 Å². The van der Waals surface area contributed by atoms with Crippen molar-refractivity contribution in [1.82, 2.24) is 9.21 Å². The Kier molecular flexibility index (Phi) is 5.44. The van der Waals surface area contributed by atoms with E-state index < -0.39 is 21.9 Å². The van der Waals surface area contributed by atoms with Crippen molar-refractivity contribution >= 4 is 21.9 Å². The summed E-state index contributed by atoms with van der Waals surface area (Å²) < 4.78 is 25.1. The van der Waals surface area contributed by atoms with Crippen molar-refractivity contribution in [3.63, 3.8) is 0 Å². The highest BCUT2D eigenvalue weighted by Crippen LogP contribution is 2.25. The van der Waals surface area contributed by atoms with Gasteiger partial charge in [-0.15, -0.1) is 0 Å². The Hall–Kier alpha value is -1.15. The van der Waals surface area contributed by atoms with E-state index in [1.54, 1.807) is 11.8 Å². The van der Waals surface area contributed by atoms with Gasteiger partial charge in [-0.3, -0.25) is 9.59 Å². The Labute approximate surface area is 131 Å². The van der Waals surface area contributed by atoms with E-state index in [0.717, 1.165) is 0 Å². The number of amides is 1. The second kappa shape index (κ2) is 6.95. The van der Waals surface area contributed by atoms with Gasteiger partial charge in [0, 0.05) is 32.1 Å². The summed E-state index contributed by atoms with van der Waals surface area (Å²) in [6.45, 7) is 3.26. The third-order valence-electron chi connectivity index (χ3n) is 4.64. The fourth-order valence-corrected chi connectivity index (χ4v) is 4.33. The lowest BCUT2D eigenvalue weighted by molar-refractivity contribution is -0.147. The summed E-state index contributed by atoms with van der Waals surface area (Å²) in [6.07, 6.45) is 2.37. The molecule has 1 N–H and O–H groups in total. The molecule has 0 radical (unpaired) electrons. The van der Waals surface area contributed by atoms with Gasteiger partial charge in [0.2, 0.25) is 15.9 Å². The highest BCUT2D eigenvalue weighted by Gasteiger charge is 2.35. The van der Waals surface area contributed by atoms with E-state index in [1.807, 2.05) is 0 Å². The second-order valence-corrected chi connectivity index (χ2v) is 8.29. The molecular formula is C14H24N2O5S. The normalized spacial score (nSPS) is 25.1. The van der Waals surface area contributed by atoms with Crippen LogP contribution in [0.15, 0.2) is 0 Å². The van der Waals surface area contributed by atoms with Crippen LogP contribution in [-0.2, 0) is 19.6 Å². The van der Waals surface area contributed by atoms with Gasteiger partial charge in [-0.25, -0.2) is 12.7 Å². The van der Waals surface area contributed by atoms with Gasteiger partial charge in [0.15, 0.2) is 0 Å². The molecular weight excluding hydrogens is 308 g/mol. The Morgan fingerprint density at radius 3 is 2.27 bits per heavy atom. The molecule has 0 unspecified atom stereocenters. The number of nitrogens with zero attached hydrogens (tertiary/aromatic N) is 2. The zero-order chi connectivity index (χ0) is 16.3. The maximum Gasteiger partial charge on any atom is 0.308 e. The van der Waals surface area contributed by atoms with Gasteiger partial charge in [-0.2, -0.15) is 0 Å². The lowest BCUT2D eigenvalue weighted by Gasteiger charge is -2.36. The third-order valence-corrected chi connectivity index (χ3v) is 6.53. The summed E-state index contributed by atoms with van der Waals surface area (Å²) >= 11 is 0. The van der Waals surface area contributed by atoms with Crippen molar-refractivity contribution in [1.29, 1.82) is 0 Å². The Bertz CT molecular complexity index is 525. The van der Waals surface area contributed by atoms with Crippen LogP contribution in [0, 0.1) is 11.8 Å². The first-order chi connectivity index (χ1) is 10.3. The molecule has 22 heavy (non-hydrogen) atoms. The summed E-state index contributed by atoms with van der Waals surface area (Å²) in [5, 5.41) is 9.09. The Morgan fingerprint density at radius 1 is 1.09 bits per heavy atom. The van der Waals surface area contributed by atoms with Crippen LogP contribution in [0.5, 0.6) is 0 Å². The van der Waals surface area contributed by atoms with Gasteiger partial charge in [-0.1, -0.05) is 0 Å². The molecule has 2 aliphatic rings. The standard InChI is InChI=1S/C14H24N2O5S/c1-2-22(20,21)16-8-5-11(6-9-16)13(17)15-7-3-4-12(10-15)14(18)19/h11-12H,2-10H2,1H3,(H,18,19)/t12-/m0/s1. The van der Waals surface area contributed by atoms with Crippen LogP contribution < -0.4 is 0 Å². The van der Waals surface area contributed by atoms with Gasteiger partial charge in [-0.05, 0) is 32.6 Å². The largest absolute Gasteiger partial charge is 0.481 e. The predicted molar refractivity (Wildman–Crippen MR) is 80.7 cm³/mol. The molecule has 2 rings (SSSR count). The predicted octanol–water partition coefficient (Wildman–Crippen LogP) is 0.371. The molecule has 0 bridgehead atoms. The van der Waals surface area contributed by atoms with Crippen molar-refractivity contribution in [2.45, 2.75) is 32.6 Å². The first-order valence-corrected chi connectivity index (χ1v) is 9.45. The second-order valence-electron chi connectivity index (χ2n) is 6.04. The third kappa shape index (κ3) is 3.78. The van der Waals surface area contributed by atoms with Crippen LogP contribution in [0.25, 0.3) is 0 Å². The maximum absolute atomic E-state index is 12.5. The Morgan fingerprint density at radius 2 is 1.73 bits per heavy atom. The van der Waals surface area contributed by atoms with Crippen molar-refractivity contribution in [3.8, 4) is 0 Å². The lowest BCUT2D eigenvalue weighted by atomic mass is 9.93. The molecule has 2 saturated heterocycles. The fourth-order valence-electron chi connectivity index (χ4n) is 3.20. The van der Waals surface area contributed by atoms with E-state index in [4.69, 9.17) is 5.11 Å². The first kappa shape index (κ1) is 17.2. The number of carbonyl (C=O) groups excluding carboxylic acids is 1. The van der Waals surface area contributed by atoms with Crippen LogP contribution in [0.2, 0.25) is 0 Å². The summed E-state index contributed by atoms with van der Waals surface area (Å²) in [5.41, 5.74) is 0. The molecule has 126 valence electrons. The lowest BCUT2D eigenvalue weighted by Crippen LogP contribution is -2.48. The number of hydrogen-bond acceptors (Lipinski definition) is 4. The SMILES string of the molecule is CCS(=O)(=O)N1CCC(C(=O)N2CCC[C@H](C(=O)O)C2)CC1. The molecule has 7 nitrogen and oxygen atoms in total. The number of rotatable bonds is 4. The number of likely N-dealkylation sites (tertiary alicyclic amines) is 1. The number of sulfonamides is 1. The van der Waals surface area contributed by atoms with Gasteiger partial charge in [0.25, 0.3) is 0 Å². The minimum atomic E-state index is -3.18.